The first kappa shape index (κ1) is 15.0. The lowest BCUT2D eigenvalue weighted by molar-refractivity contribution is -0.394. The molecular formula is C11H15N3O5. The predicted molar refractivity (Wildman–Crippen MR) is 67.8 cm³/mol. The van der Waals surface area contributed by atoms with Gasteiger partial charge in [0, 0.05) is 24.2 Å². The van der Waals surface area contributed by atoms with Crippen LogP contribution in [0.25, 0.3) is 0 Å². The number of nitrogens with zero attached hydrogens (tertiary/aromatic N) is 3. The Kier molecular flexibility index (Phi) is 4.90. The summed E-state index contributed by atoms with van der Waals surface area (Å²) in [6, 6.07) is 3.40. The smallest absolute Gasteiger partial charge is 0.280 e. The van der Waals surface area contributed by atoms with Gasteiger partial charge >= 0.3 is 0 Å². The van der Waals surface area contributed by atoms with Crippen LogP contribution in [0.4, 0.5) is 11.4 Å². The van der Waals surface area contributed by atoms with E-state index < -0.39 is 9.85 Å². The van der Waals surface area contributed by atoms with Crippen molar-refractivity contribution in [1.82, 2.24) is 4.90 Å². The van der Waals surface area contributed by atoms with Crippen LogP contribution in [0.3, 0.4) is 0 Å². The highest BCUT2D eigenvalue weighted by atomic mass is 16.6. The Balaban J connectivity index is 3.07. The molecule has 8 heteroatoms. The van der Waals surface area contributed by atoms with E-state index in [1.165, 1.54) is 12.1 Å². The summed E-state index contributed by atoms with van der Waals surface area (Å²) in [5, 5.41) is 30.5. The zero-order valence-electron chi connectivity index (χ0n) is 10.6. The van der Waals surface area contributed by atoms with E-state index in [0.29, 0.717) is 5.56 Å². The van der Waals surface area contributed by atoms with E-state index in [-0.39, 0.29) is 30.6 Å². The second kappa shape index (κ2) is 6.21. The number of hydrogen-bond donors (Lipinski definition) is 1. The standard InChI is InChI=1S/C11H15N3O5/c1-8(7-15)12(2)6-9-3-4-10(13(16)17)5-11(9)14(18)19/h3-5,8,15H,6-7H2,1-2H3. The third-order valence-corrected chi connectivity index (χ3v) is 2.91. The molecule has 0 aliphatic rings. The molecule has 0 saturated carbocycles. The SMILES string of the molecule is CC(CO)N(C)Cc1ccc([N+](=O)[O-])cc1[N+](=O)[O-]. The minimum absolute atomic E-state index is 0.0721. The fraction of sp³-hybridized carbons (Fsp3) is 0.455. The highest BCUT2D eigenvalue weighted by Gasteiger charge is 2.21. The summed E-state index contributed by atoms with van der Waals surface area (Å²) < 4.78 is 0. The van der Waals surface area contributed by atoms with Crippen molar-refractivity contribution in [3.05, 3.63) is 44.0 Å². The first-order valence-electron chi connectivity index (χ1n) is 5.59. The number of nitro groups is 2. The van der Waals surface area contributed by atoms with Gasteiger partial charge in [-0.15, -0.1) is 0 Å². The van der Waals surface area contributed by atoms with Crippen LogP contribution in [-0.4, -0.2) is 39.5 Å². The zero-order valence-corrected chi connectivity index (χ0v) is 10.6. The van der Waals surface area contributed by atoms with Crippen molar-refractivity contribution >= 4 is 11.4 Å². The molecule has 1 aromatic rings. The number of non-ortho nitro benzene ring substituents is 1. The summed E-state index contributed by atoms with van der Waals surface area (Å²) in [5.41, 5.74) is -0.224. The van der Waals surface area contributed by atoms with Crippen molar-refractivity contribution in [2.75, 3.05) is 13.7 Å². The monoisotopic (exact) mass is 269 g/mol. The lowest BCUT2D eigenvalue weighted by Gasteiger charge is -2.22. The van der Waals surface area contributed by atoms with Crippen molar-refractivity contribution in [3.8, 4) is 0 Å². The number of rotatable bonds is 6. The number of likely N-dealkylation sites (N-methyl/N-ethyl adjacent to an activating group) is 1. The van der Waals surface area contributed by atoms with Gasteiger partial charge in [-0.2, -0.15) is 0 Å². The Bertz CT molecular complexity index is 491. The zero-order chi connectivity index (χ0) is 14.6. The van der Waals surface area contributed by atoms with Crippen LogP contribution in [0.15, 0.2) is 18.2 Å². The lowest BCUT2D eigenvalue weighted by atomic mass is 10.1. The molecule has 0 heterocycles. The number of hydrogen-bond acceptors (Lipinski definition) is 6. The normalized spacial score (nSPS) is 12.4. The largest absolute Gasteiger partial charge is 0.395 e. The molecule has 0 fully saturated rings. The van der Waals surface area contributed by atoms with Crippen LogP contribution in [0, 0.1) is 20.2 Å². The molecule has 0 radical (unpaired) electrons. The van der Waals surface area contributed by atoms with E-state index in [2.05, 4.69) is 0 Å². The minimum atomic E-state index is -0.670. The second-order valence-corrected chi connectivity index (χ2v) is 4.27. The maximum atomic E-state index is 10.9. The van der Waals surface area contributed by atoms with Gasteiger partial charge < -0.3 is 5.11 Å². The predicted octanol–water partition coefficient (Wildman–Crippen LogP) is 1.32. The Labute approximate surface area is 109 Å². The van der Waals surface area contributed by atoms with E-state index in [0.717, 1.165) is 6.07 Å². The number of benzene rings is 1. The summed E-state index contributed by atoms with van der Waals surface area (Å²) in [6.07, 6.45) is 0. The average molecular weight is 269 g/mol. The van der Waals surface area contributed by atoms with Gasteiger partial charge in [0.2, 0.25) is 0 Å². The van der Waals surface area contributed by atoms with Crippen LogP contribution in [0.1, 0.15) is 12.5 Å². The summed E-state index contributed by atoms with van der Waals surface area (Å²) in [6.45, 7) is 1.94. The first-order chi connectivity index (χ1) is 8.86. The molecule has 0 bridgehead atoms. The fourth-order valence-electron chi connectivity index (χ4n) is 1.53. The minimum Gasteiger partial charge on any atom is -0.395 e. The van der Waals surface area contributed by atoms with Gasteiger partial charge in [0.15, 0.2) is 0 Å². The van der Waals surface area contributed by atoms with E-state index >= 15 is 0 Å². The molecule has 8 nitrogen and oxygen atoms in total. The third-order valence-electron chi connectivity index (χ3n) is 2.91. The van der Waals surface area contributed by atoms with Crippen LogP contribution in [0.2, 0.25) is 0 Å². The van der Waals surface area contributed by atoms with Gasteiger partial charge in [-0.25, -0.2) is 0 Å². The first-order valence-corrected chi connectivity index (χ1v) is 5.59. The van der Waals surface area contributed by atoms with Gasteiger partial charge in [-0.05, 0) is 20.0 Å². The van der Waals surface area contributed by atoms with E-state index in [1.807, 2.05) is 0 Å². The molecule has 1 N–H and O–H groups in total. The molecule has 1 atom stereocenters. The summed E-state index contributed by atoms with van der Waals surface area (Å²) in [4.78, 5) is 22.0. The van der Waals surface area contributed by atoms with Gasteiger partial charge in [0.05, 0.1) is 22.5 Å². The Morgan fingerprint density at radius 3 is 2.42 bits per heavy atom. The lowest BCUT2D eigenvalue weighted by Crippen LogP contribution is -2.31. The molecule has 19 heavy (non-hydrogen) atoms. The molecule has 0 aromatic heterocycles. The van der Waals surface area contributed by atoms with Gasteiger partial charge in [-0.3, -0.25) is 25.1 Å². The molecular weight excluding hydrogens is 254 g/mol. The van der Waals surface area contributed by atoms with E-state index in [9.17, 15) is 20.2 Å². The van der Waals surface area contributed by atoms with Gasteiger partial charge in [-0.1, -0.05) is 0 Å². The molecule has 104 valence electrons. The van der Waals surface area contributed by atoms with E-state index in [1.54, 1.807) is 18.9 Å². The Morgan fingerprint density at radius 1 is 1.32 bits per heavy atom. The van der Waals surface area contributed by atoms with Gasteiger partial charge in [0.1, 0.15) is 0 Å². The molecule has 0 saturated heterocycles. The van der Waals surface area contributed by atoms with Crippen LogP contribution >= 0.6 is 0 Å². The highest BCUT2D eigenvalue weighted by Crippen LogP contribution is 2.25. The average Bonchev–Trinajstić information content (AvgIpc) is 2.37. The topological polar surface area (TPSA) is 110 Å². The molecule has 0 aliphatic heterocycles. The summed E-state index contributed by atoms with van der Waals surface area (Å²) in [5.74, 6) is 0. The quantitative estimate of drug-likeness (QED) is 0.616. The maximum absolute atomic E-state index is 10.9. The van der Waals surface area contributed by atoms with Crippen molar-refractivity contribution < 1.29 is 15.0 Å². The van der Waals surface area contributed by atoms with Crippen LogP contribution < -0.4 is 0 Å². The molecule has 0 aliphatic carbocycles. The maximum Gasteiger partial charge on any atom is 0.280 e. The highest BCUT2D eigenvalue weighted by molar-refractivity contribution is 5.49. The third kappa shape index (κ3) is 3.70. The molecule has 1 rings (SSSR count). The molecule has 1 aromatic carbocycles. The number of nitro benzene ring substituents is 2. The van der Waals surface area contributed by atoms with Crippen LogP contribution in [-0.2, 0) is 6.54 Å². The van der Waals surface area contributed by atoms with Crippen molar-refractivity contribution in [2.45, 2.75) is 19.5 Å². The van der Waals surface area contributed by atoms with Crippen LogP contribution in [0.5, 0.6) is 0 Å². The van der Waals surface area contributed by atoms with Crippen molar-refractivity contribution in [1.29, 1.82) is 0 Å². The second-order valence-electron chi connectivity index (χ2n) is 4.27. The van der Waals surface area contributed by atoms with Crippen molar-refractivity contribution in [3.63, 3.8) is 0 Å². The summed E-state index contributed by atoms with van der Waals surface area (Å²) >= 11 is 0. The van der Waals surface area contributed by atoms with Gasteiger partial charge in [0.25, 0.3) is 11.4 Å². The summed E-state index contributed by atoms with van der Waals surface area (Å²) in [7, 11) is 1.71. The molecule has 0 spiro atoms. The number of aliphatic hydroxyl groups excluding tert-OH is 1. The Morgan fingerprint density at radius 2 is 1.95 bits per heavy atom. The fourth-order valence-corrected chi connectivity index (χ4v) is 1.53. The Hall–Kier alpha value is -2.06. The molecule has 0 amide bonds. The van der Waals surface area contributed by atoms with E-state index in [4.69, 9.17) is 5.11 Å². The van der Waals surface area contributed by atoms with Crippen molar-refractivity contribution in [2.24, 2.45) is 0 Å². The molecule has 1 unspecified atom stereocenters. The number of aliphatic hydroxyl groups is 1.